The zero-order chi connectivity index (χ0) is 11.4. The van der Waals surface area contributed by atoms with Gasteiger partial charge in [0.25, 0.3) is 0 Å². The molecule has 0 radical (unpaired) electrons. The maximum absolute atomic E-state index is 5.96. The van der Waals surface area contributed by atoms with Gasteiger partial charge in [-0.3, -0.25) is 4.98 Å². The molecule has 3 nitrogen and oxygen atoms in total. The first kappa shape index (κ1) is 10.5. The smallest absolute Gasteiger partial charge is 0.121 e. The average molecular weight is 214 g/mol. The molecule has 0 saturated heterocycles. The number of benzene rings is 1. The maximum atomic E-state index is 5.96. The first-order valence-electron chi connectivity index (χ1n) is 5.25. The topological polar surface area (TPSA) is 48.1 Å². The van der Waals surface area contributed by atoms with Crippen LogP contribution in [0.2, 0.25) is 0 Å². The van der Waals surface area contributed by atoms with Crippen molar-refractivity contribution in [3.8, 4) is 17.0 Å². The molecule has 3 heteroatoms. The molecule has 0 unspecified atom stereocenters. The van der Waals surface area contributed by atoms with Gasteiger partial charge in [0, 0.05) is 23.5 Å². The molecule has 0 aliphatic carbocycles. The van der Waals surface area contributed by atoms with Crippen LogP contribution >= 0.6 is 0 Å². The van der Waals surface area contributed by atoms with E-state index in [1.54, 1.807) is 6.20 Å². The molecule has 0 atom stereocenters. The number of nitrogen functional groups attached to an aromatic ring is 1. The van der Waals surface area contributed by atoms with Crippen molar-refractivity contribution in [2.75, 3.05) is 12.3 Å². The second-order valence-corrected chi connectivity index (χ2v) is 3.40. The monoisotopic (exact) mass is 214 g/mol. The standard InChI is InChI=1S/C13H14N2O/c1-2-16-10-6-7-11(12(14)9-10)13-5-3-4-8-15-13/h3-9H,2,14H2,1H3. The molecule has 0 aliphatic rings. The van der Waals surface area contributed by atoms with Crippen LogP contribution in [0.4, 0.5) is 5.69 Å². The van der Waals surface area contributed by atoms with E-state index >= 15 is 0 Å². The zero-order valence-corrected chi connectivity index (χ0v) is 9.18. The van der Waals surface area contributed by atoms with Gasteiger partial charge in [0.2, 0.25) is 0 Å². The molecule has 2 rings (SSSR count). The molecule has 0 bridgehead atoms. The number of nitrogens with zero attached hydrogens (tertiary/aromatic N) is 1. The van der Waals surface area contributed by atoms with Crippen LogP contribution < -0.4 is 10.5 Å². The number of nitrogens with two attached hydrogens (primary N) is 1. The predicted octanol–water partition coefficient (Wildman–Crippen LogP) is 2.73. The van der Waals surface area contributed by atoms with Gasteiger partial charge in [0.1, 0.15) is 5.75 Å². The Morgan fingerprint density at radius 1 is 1.25 bits per heavy atom. The van der Waals surface area contributed by atoms with Gasteiger partial charge < -0.3 is 10.5 Å². The Kier molecular flexibility index (Phi) is 3.05. The Hall–Kier alpha value is -2.03. The van der Waals surface area contributed by atoms with E-state index in [1.165, 1.54) is 0 Å². The molecule has 16 heavy (non-hydrogen) atoms. The van der Waals surface area contributed by atoms with E-state index in [-0.39, 0.29) is 0 Å². The van der Waals surface area contributed by atoms with Crippen molar-refractivity contribution in [1.82, 2.24) is 4.98 Å². The summed E-state index contributed by atoms with van der Waals surface area (Å²) >= 11 is 0. The summed E-state index contributed by atoms with van der Waals surface area (Å²) in [6.45, 7) is 2.59. The first-order valence-corrected chi connectivity index (χ1v) is 5.25. The average Bonchev–Trinajstić information content (AvgIpc) is 2.31. The highest BCUT2D eigenvalue weighted by Gasteiger charge is 2.04. The lowest BCUT2D eigenvalue weighted by atomic mass is 10.1. The molecule has 1 aromatic carbocycles. The molecular weight excluding hydrogens is 200 g/mol. The first-order chi connectivity index (χ1) is 7.81. The summed E-state index contributed by atoms with van der Waals surface area (Å²) in [7, 11) is 0. The Balaban J connectivity index is 2.37. The summed E-state index contributed by atoms with van der Waals surface area (Å²) < 4.78 is 5.38. The number of pyridine rings is 1. The fourth-order valence-electron chi connectivity index (χ4n) is 1.55. The summed E-state index contributed by atoms with van der Waals surface area (Å²) in [5.41, 5.74) is 8.46. The van der Waals surface area contributed by atoms with E-state index in [2.05, 4.69) is 4.98 Å². The van der Waals surface area contributed by atoms with Crippen molar-refractivity contribution < 1.29 is 4.74 Å². The van der Waals surface area contributed by atoms with Gasteiger partial charge in [-0.25, -0.2) is 0 Å². The summed E-state index contributed by atoms with van der Waals surface area (Å²) in [4.78, 5) is 4.26. The molecular formula is C13H14N2O. The predicted molar refractivity (Wildman–Crippen MR) is 65.3 cm³/mol. The lowest BCUT2D eigenvalue weighted by Crippen LogP contribution is -1.95. The molecule has 1 heterocycles. The van der Waals surface area contributed by atoms with Crippen molar-refractivity contribution in [2.24, 2.45) is 0 Å². The molecule has 0 spiro atoms. The van der Waals surface area contributed by atoms with Crippen LogP contribution in [0.1, 0.15) is 6.92 Å². The van der Waals surface area contributed by atoms with Crippen molar-refractivity contribution in [2.45, 2.75) is 6.92 Å². The summed E-state index contributed by atoms with van der Waals surface area (Å²) in [6.07, 6.45) is 1.76. The van der Waals surface area contributed by atoms with Gasteiger partial charge in [-0.1, -0.05) is 6.07 Å². The van der Waals surface area contributed by atoms with Gasteiger partial charge >= 0.3 is 0 Å². The highest BCUT2D eigenvalue weighted by atomic mass is 16.5. The minimum Gasteiger partial charge on any atom is -0.494 e. The molecule has 2 N–H and O–H groups in total. The van der Waals surface area contributed by atoms with Crippen LogP contribution in [0.3, 0.4) is 0 Å². The maximum Gasteiger partial charge on any atom is 0.121 e. The van der Waals surface area contributed by atoms with Crippen molar-refractivity contribution >= 4 is 5.69 Å². The Bertz CT molecular complexity index is 469. The fraction of sp³-hybridized carbons (Fsp3) is 0.154. The fourth-order valence-corrected chi connectivity index (χ4v) is 1.55. The number of rotatable bonds is 3. The Morgan fingerprint density at radius 3 is 2.75 bits per heavy atom. The van der Waals surface area contributed by atoms with Gasteiger partial charge in [-0.15, -0.1) is 0 Å². The second-order valence-electron chi connectivity index (χ2n) is 3.40. The lowest BCUT2D eigenvalue weighted by Gasteiger charge is -2.08. The number of aromatic nitrogens is 1. The molecule has 2 aromatic rings. The molecule has 0 amide bonds. The van der Waals surface area contributed by atoms with Crippen molar-refractivity contribution in [3.63, 3.8) is 0 Å². The van der Waals surface area contributed by atoms with Gasteiger partial charge in [0.15, 0.2) is 0 Å². The van der Waals surface area contributed by atoms with E-state index in [1.807, 2.05) is 43.3 Å². The van der Waals surface area contributed by atoms with Crippen LogP contribution in [-0.2, 0) is 0 Å². The highest BCUT2D eigenvalue weighted by molar-refractivity contribution is 5.74. The second kappa shape index (κ2) is 4.66. The zero-order valence-electron chi connectivity index (χ0n) is 9.18. The van der Waals surface area contributed by atoms with Crippen LogP contribution in [0.15, 0.2) is 42.6 Å². The summed E-state index contributed by atoms with van der Waals surface area (Å²) in [5.74, 6) is 0.791. The quantitative estimate of drug-likeness (QED) is 0.799. The minimum atomic E-state index is 0.641. The van der Waals surface area contributed by atoms with E-state index in [0.29, 0.717) is 12.3 Å². The lowest BCUT2D eigenvalue weighted by molar-refractivity contribution is 0.340. The third kappa shape index (κ3) is 2.14. The largest absolute Gasteiger partial charge is 0.494 e. The molecule has 1 aromatic heterocycles. The van der Waals surface area contributed by atoms with E-state index in [0.717, 1.165) is 17.0 Å². The number of ether oxygens (including phenoxy) is 1. The van der Waals surface area contributed by atoms with Gasteiger partial charge in [-0.05, 0) is 31.2 Å². The van der Waals surface area contributed by atoms with Crippen molar-refractivity contribution in [3.05, 3.63) is 42.6 Å². The molecule has 0 aliphatic heterocycles. The molecule has 0 saturated carbocycles. The van der Waals surface area contributed by atoms with Crippen LogP contribution in [-0.4, -0.2) is 11.6 Å². The van der Waals surface area contributed by atoms with E-state index in [4.69, 9.17) is 10.5 Å². The number of hydrogen-bond donors (Lipinski definition) is 1. The molecule has 0 fully saturated rings. The van der Waals surface area contributed by atoms with Gasteiger partial charge in [0.05, 0.1) is 12.3 Å². The van der Waals surface area contributed by atoms with Crippen LogP contribution in [0.5, 0.6) is 5.75 Å². The normalized spacial score (nSPS) is 10.1. The van der Waals surface area contributed by atoms with Gasteiger partial charge in [-0.2, -0.15) is 0 Å². The highest BCUT2D eigenvalue weighted by Crippen LogP contribution is 2.27. The van der Waals surface area contributed by atoms with E-state index in [9.17, 15) is 0 Å². The Labute approximate surface area is 94.9 Å². The number of anilines is 1. The summed E-state index contributed by atoms with van der Waals surface area (Å²) in [5, 5.41) is 0. The van der Waals surface area contributed by atoms with Crippen molar-refractivity contribution in [1.29, 1.82) is 0 Å². The van der Waals surface area contributed by atoms with Crippen LogP contribution in [0.25, 0.3) is 11.3 Å². The SMILES string of the molecule is CCOc1ccc(-c2ccccn2)c(N)c1. The Morgan fingerprint density at radius 2 is 2.12 bits per heavy atom. The van der Waals surface area contributed by atoms with E-state index < -0.39 is 0 Å². The third-order valence-electron chi connectivity index (χ3n) is 2.27. The minimum absolute atomic E-state index is 0.641. The molecule has 82 valence electrons. The third-order valence-corrected chi connectivity index (χ3v) is 2.27. The summed E-state index contributed by atoms with van der Waals surface area (Å²) in [6, 6.07) is 11.4. The van der Waals surface area contributed by atoms with Crippen LogP contribution in [0, 0.1) is 0 Å². The number of hydrogen-bond acceptors (Lipinski definition) is 3.